The van der Waals surface area contributed by atoms with Gasteiger partial charge < -0.3 is 40.2 Å². The highest BCUT2D eigenvalue weighted by Crippen LogP contribution is 2.23. The van der Waals surface area contributed by atoms with Crippen LogP contribution in [0.1, 0.15) is 18.4 Å². The molecule has 0 radical (unpaired) electrons. The van der Waals surface area contributed by atoms with E-state index >= 15 is 0 Å². The van der Waals surface area contributed by atoms with Gasteiger partial charge in [0.25, 0.3) is 0 Å². The maximum atomic E-state index is 4.99. The van der Waals surface area contributed by atoms with Gasteiger partial charge in [-0.25, -0.2) is 4.58 Å². The standard InChI is InChI=1S/C11H14N.Al.4ClH/c1-2-6-11(7-3-1)10-12-8-4-5-9-12;;;;;/h1-3,6-7,10H,4-5,8-9H2;;4*1H/q+1;+3;;;;/p-4. The summed E-state index contributed by atoms with van der Waals surface area (Å²) in [6, 6.07) is 10.5. The second-order valence-corrected chi connectivity index (χ2v) is 16.6. The summed E-state index contributed by atoms with van der Waals surface area (Å²) in [5.74, 6) is 0. The highest BCUT2D eigenvalue weighted by molar-refractivity contribution is 7.81. The van der Waals surface area contributed by atoms with E-state index in [0.29, 0.717) is 0 Å². The van der Waals surface area contributed by atoms with E-state index < -0.39 is 9.39 Å². The molecule has 0 N–H and O–H groups in total. The molecule has 2 rings (SSSR count). The summed E-state index contributed by atoms with van der Waals surface area (Å²) in [7, 11) is 17.0. The van der Waals surface area contributed by atoms with Crippen LogP contribution in [0.3, 0.4) is 0 Å². The fourth-order valence-electron chi connectivity index (χ4n) is 1.62. The molecule has 1 nitrogen and oxygen atoms in total. The van der Waals surface area contributed by atoms with Crippen LogP contribution in [0, 0.1) is 0 Å². The maximum absolute atomic E-state index is 4.99. The Morgan fingerprint density at radius 1 is 0.941 bits per heavy atom. The average molecular weight is 329 g/mol. The molecular weight excluding hydrogens is 315 g/mol. The first-order valence-electron chi connectivity index (χ1n) is 5.46. The molecule has 1 saturated heterocycles. The fraction of sp³-hybridized carbons (Fsp3) is 0.364. The third-order valence-electron chi connectivity index (χ3n) is 2.27. The van der Waals surface area contributed by atoms with Crippen LogP contribution >= 0.6 is 40.2 Å². The Balaban J connectivity index is 0.000000249. The van der Waals surface area contributed by atoms with Crippen molar-refractivity contribution in [1.29, 1.82) is 0 Å². The first-order valence-corrected chi connectivity index (χ1v) is 12.4. The molecule has 94 valence electrons. The minimum Gasteiger partial charge on any atom is -0.391 e. The van der Waals surface area contributed by atoms with Crippen molar-refractivity contribution in [1.82, 2.24) is 0 Å². The summed E-state index contributed by atoms with van der Waals surface area (Å²) in [4.78, 5) is 0. The third kappa shape index (κ3) is 9.20. The lowest BCUT2D eigenvalue weighted by molar-refractivity contribution is -0.500. The van der Waals surface area contributed by atoms with Crippen molar-refractivity contribution in [3.63, 3.8) is 0 Å². The van der Waals surface area contributed by atoms with Gasteiger partial charge in [-0.3, -0.25) is 0 Å². The summed E-state index contributed by atoms with van der Waals surface area (Å²) < 4.78 is 2.40. The molecule has 1 aromatic rings. The van der Waals surface area contributed by atoms with Crippen LogP contribution in [-0.4, -0.2) is 33.3 Å². The summed E-state index contributed by atoms with van der Waals surface area (Å²) in [5.41, 5.74) is 1.32. The van der Waals surface area contributed by atoms with Gasteiger partial charge in [-0.15, -0.1) is 0 Å². The van der Waals surface area contributed by atoms with Crippen LogP contribution in [0.2, 0.25) is 0 Å². The Morgan fingerprint density at radius 3 is 1.88 bits per heavy atom. The summed E-state index contributed by atoms with van der Waals surface area (Å²) in [6.45, 7) is 2.46. The quantitative estimate of drug-likeness (QED) is 0.534. The monoisotopic (exact) mass is 327 g/mol. The van der Waals surface area contributed by atoms with Gasteiger partial charge in [0.2, 0.25) is 0 Å². The zero-order chi connectivity index (χ0) is 12.7. The SMILES string of the molecule is C(c1ccccc1)=[N+]1CCCC1.[Cl][Al-]([Cl])([Cl])[Cl]. The topological polar surface area (TPSA) is 3.01 Å². The largest absolute Gasteiger partial charge is 0.564 e. The molecule has 1 heterocycles. The molecule has 17 heavy (non-hydrogen) atoms. The maximum Gasteiger partial charge on any atom is 0.564 e. The summed E-state index contributed by atoms with van der Waals surface area (Å²) >= 11 is 0. The van der Waals surface area contributed by atoms with E-state index in [1.807, 2.05) is 0 Å². The number of halogens is 4. The van der Waals surface area contributed by atoms with Crippen LogP contribution in [0.5, 0.6) is 0 Å². The Hall–Kier alpha value is 0.582. The Bertz CT molecular complexity index is 347. The summed E-state index contributed by atoms with van der Waals surface area (Å²) in [6.07, 6.45) is 4.96. The van der Waals surface area contributed by atoms with Crippen molar-refractivity contribution in [2.75, 3.05) is 13.1 Å². The molecule has 0 spiro atoms. The van der Waals surface area contributed by atoms with E-state index in [9.17, 15) is 0 Å². The molecule has 0 aliphatic carbocycles. The van der Waals surface area contributed by atoms with Crippen LogP contribution in [0.25, 0.3) is 0 Å². The molecule has 0 saturated carbocycles. The predicted octanol–water partition coefficient (Wildman–Crippen LogP) is 4.29. The molecule has 1 aromatic carbocycles. The van der Waals surface area contributed by atoms with Gasteiger partial charge in [-0.05, 0) is 12.1 Å². The number of nitrogens with zero attached hydrogens (tertiary/aromatic N) is 1. The first kappa shape index (κ1) is 15.6. The van der Waals surface area contributed by atoms with Crippen molar-refractivity contribution in [2.24, 2.45) is 0 Å². The highest BCUT2D eigenvalue weighted by atomic mass is 35.9. The van der Waals surface area contributed by atoms with Crippen molar-refractivity contribution in [3.8, 4) is 0 Å². The number of benzene rings is 1. The zero-order valence-electron chi connectivity index (χ0n) is 9.33. The van der Waals surface area contributed by atoms with Gasteiger partial charge in [0.05, 0.1) is 0 Å². The van der Waals surface area contributed by atoms with E-state index in [1.165, 1.54) is 31.5 Å². The van der Waals surface area contributed by atoms with Crippen molar-refractivity contribution >= 4 is 55.8 Å². The lowest BCUT2D eigenvalue weighted by Gasteiger charge is -1.97. The van der Waals surface area contributed by atoms with Gasteiger partial charge in [-0.2, -0.15) is 0 Å². The Kier molecular flexibility index (Phi) is 7.26. The normalized spacial score (nSPS) is 15.2. The molecule has 6 heteroatoms. The molecule has 0 bridgehead atoms. The van der Waals surface area contributed by atoms with Crippen LogP contribution in [0.4, 0.5) is 0 Å². The van der Waals surface area contributed by atoms with Crippen LogP contribution in [0.15, 0.2) is 30.3 Å². The number of hydrogen-bond acceptors (Lipinski definition) is 0. The lowest BCUT2D eigenvalue weighted by Crippen LogP contribution is -2.07. The van der Waals surface area contributed by atoms with Gasteiger partial charge in [-0.1, -0.05) is 18.2 Å². The van der Waals surface area contributed by atoms with Gasteiger partial charge in [0, 0.05) is 18.4 Å². The van der Waals surface area contributed by atoms with E-state index in [-0.39, 0.29) is 0 Å². The third-order valence-corrected chi connectivity index (χ3v) is 2.27. The van der Waals surface area contributed by atoms with Gasteiger partial charge in [0.15, 0.2) is 6.21 Å². The number of rotatable bonds is 1. The van der Waals surface area contributed by atoms with E-state index in [1.54, 1.807) is 0 Å². The van der Waals surface area contributed by atoms with Crippen LogP contribution in [-0.2, 0) is 0 Å². The van der Waals surface area contributed by atoms with E-state index in [2.05, 4.69) is 41.1 Å². The molecule has 1 aliphatic rings. The molecule has 0 unspecified atom stereocenters. The number of hydrogen-bond donors (Lipinski definition) is 0. The highest BCUT2D eigenvalue weighted by Gasteiger charge is 2.14. The second kappa shape index (κ2) is 7.90. The molecule has 1 aliphatic heterocycles. The predicted molar refractivity (Wildman–Crippen MR) is 80.0 cm³/mol. The molecule has 1 fully saturated rings. The van der Waals surface area contributed by atoms with Gasteiger partial charge in [0.1, 0.15) is 13.1 Å². The Labute approximate surface area is 121 Å². The molecular formula is C11H14AlCl4N. The Morgan fingerprint density at radius 2 is 1.41 bits per heavy atom. The summed E-state index contributed by atoms with van der Waals surface area (Å²) in [5, 5.41) is 0. The van der Waals surface area contributed by atoms with E-state index in [4.69, 9.17) is 40.2 Å². The van der Waals surface area contributed by atoms with Gasteiger partial charge >= 0.3 is 9.39 Å². The van der Waals surface area contributed by atoms with E-state index in [0.717, 1.165) is 0 Å². The molecule has 0 atom stereocenters. The minimum absolute atomic E-state index is 1.23. The van der Waals surface area contributed by atoms with Crippen molar-refractivity contribution < 1.29 is 4.58 Å². The molecule has 0 aromatic heterocycles. The minimum atomic E-state index is -2.94. The smallest absolute Gasteiger partial charge is 0.391 e. The van der Waals surface area contributed by atoms with Crippen molar-refractivity contribution in [2.45, 2.75) is 12.8 Å². The molecule has 0 amide bonds. The zero-order valence-corrected chi connectivity index (χ0v) is 13.5. The average Bonchev–Trinajstić information content (AvgIpc) is 2.69. The second-order valence-electron chi connectivity index (χ2n) is 3.78. The van der Waals surface area contributed by atoms with Crippen molar-refractivity contribution in [3.05, 3.63) is 35.9 Å². The lowest BCUT2D eigenvalue weighted by atomic mass is 10.2. The first-order chi connectivity index (χ1) is 7.95. The van der Waals surface area contributed by atoms with Crippen LogP contribution < -0.4 is 0 Å². The fourth-order valence-corrected chi connectivity index (χ4v) is 1.62.